The lowest BCUT2D eigenvalue weighted by Gasteiger charge is -2.00. The standard InChI is InChI=1S/C8H14N4O2/c1-2-3-4-5-7-9-10-11-12(7)6-8(13)14/h2-6H2,1H3,(H,13,14). The summed E-state index contributed by atoms with van der Waals surface area (Å²) in [6.07, 6.45) is 3.98. The zero-order chi connectivity index (χ0) is 10.4. The number of carboxylic acid groups (broad SMARTS) is 1. The van der Waals surface area contributed by atoms with Gasteiger partial charge in [0.25, 0.3) is 0 Å². The van der Waals surface area contributed by atoms with Crippen LogP contribution in [-0.4, -0.2) is 31.3 Å². The van der Waals surface area contributed by atoms with Crippen LogP contribution in [0.2, 0.25) is 0 Å². The smallest absolute Gasteiger partial charge is 0.325 e. The number of hydrogen-bond donors (Lipinski definition) is 1. The SMILES string of the molecule is CCCCCc1nnnn1CC(=O)O. The van der Waals surface area contributed by atoms with Gasteiger partial charge in [0.05, 0.1) is 0 Å². The van der Waals surface area contributed by atoms with Gasteiger partial charge in [-0.1, -0.05) is 19.8 Å². The normalized spacial score (nSPS) is 10.4. The van der Waals surface area contributed by atoms with E-state index in [1.165, 1.54) is 4.68 Å². The molecule has 1 N–H and O–H groups in total. The number of carboxylic acids is 1. The monoisotopic (exact) mass is 198 g/mol. The van der Waals surface area contributed by atoms with Crippen LogP contribution in [-0.2, 0) is 17.8 Å². The zero-order valence-corrected chi connectivity index (χ0v) is 8.18. The Balaban J connectivity index is 2.49. The van der Waals surface area contributed by atoms with E-state index in [-0.39, 0.29) is 6.54 Å². The highest BCUT2D eigenvalue weighted by Gasteiger charge is 2.08. The first-order chi connectivity index (χ1) is 6.74. The molecule has 6 nitrogen and oxygen atoms in total. The lowest BCUT2D eigenvalue weighted by molar-refractivity contribution is -0.138. The Morgan fingerprint density at radius 3 is 2.93 bits per heavy atom. The van der Waals surface area contributed by atoms with Gasteiger partial charge in [-0.05, 0) is 16.8 Å². The third-order valence-electron chi connectivity index (χ3n) is 1.90. The Bertz CT molecular complexity index is 297. The van der Waals surface area contributed by atoms with Crippen LogP contribution in [0.25, 0.3) is 0 Å². The summed E-state index contributed by atoms with van der Waals surface area (Å²) in [5, 5.41) is 19.4. The van der Waals surface area contributed by atoms with E-state index in [4.69, 9.17) is 5.11 Å². The van der Waals surface area contributed by atoms with Gasteiger partial charge in [-0.15, -0.1) is 5.10 Å². The summed E-state index contributed by atoms with van der Waals surface area (Å²) in [5.41, 5.74) is 0. The van der Waals surface area contributed by atoms with Gasteiger partial charge in [0.1, 0.15) is 6.54 Å². The molecule has 0 fully saturated rings. The maximum absolute atomic E-state index is 10.4. The van der Waals surface area contributed by atoms with Crippen molar-refractivity contribution < 1.29 is 9.90 Å². The summed E-state index contributed by atoms with van der Waals surface area (Å²) in [6.45, 7) is 1.95. The van der Waals surface area contributed by atoms with E-state index in [1.54, 1.807) is 0 Å². The fourth-order valence-electron chi connectivity index (χ4n) is 1.19. The number of hydrogen-bond acceptors (Lipinski definition) is 4. The summed E-state index contributed by atoms with van der Waals surface area (Å²) < 4.78 is 1.33. The molecule has 0 aliphatic carbocycles. The molecule has 0 aliphatic heterocycles. The van der Waals surface area contributed by atoms with Gasteiger partial charge in [0.2, 0.25) is 0 Å². The Morgan fingerprint density at radius 1 is 1.50 bits per heavy atom. The second kappa shape index (κ2) is 5.31. The molecule has 0 aromatic carbocycles. The van der Waals surface area contributed by atoms with Crippen molar-refractivity contribution in [2.75, 3.05) is 0 Å². The van der Waals surface area contributed by atoms with Gasteiger partial charge in [-0.3, -0.25) is 4.79 Å². The highest BCUT2D eigenvalue weighted by atomic mass is 16.4. The van der Waals surface area contributed by atoms with Crippen LogP contribution in [0, 0.1) is 0 Å². The second-order valence-electron chi connectivity index (χ2n) is 3.10. The van der Waals surface area contributed by atoms with Gasteiger partial charge in [0.15, 0.2) is 5.82 Å². The number of tetrazole rings is 1. The third kappa shape index (κ3) is 3.12. The Labute approximate surface area is 81.9 Å². The molecule has 0 atom stereocenters. The minimum Gasteiger partial charge on any atom is -0.480 e. The number of aliphatic carboxylic acids is 1. The summed E-state index contributed by atoms with van der Waals surface area (Å²) in [4.78, 5) is 10.4. The van der Waals surface area contributed by atoms with Crippen LogP contribution in [0.4, 0.5) is 0 Å². The number of nitrogens with zero attached hydrogens (tertiary/aromatic N) is 4. The topological polar surface area (TPSA) is 80.9 Å². The minimum atomic E-state index is -0.922. The molecule has 1 aromatic heterocycles. The van der Waals surface area contributed by atoms with Crippen molar-refractivity contribution in [3.8, 4) is 0 Å². The van der Waals surface area contributed by atoms with E-state index >= 15 is 0 Å². The van der Waals surface area contributed by atoms with Crippen molar-refractivity contribution in [1.29, 1.82) is 0 Å². The molecule has 0 radical (unpaired) electrons. The van der Waals surface area contributed by atoms with E-state index in [0.717, 1.165) is 25.7 Å². The quantitative estimate of drug-likeness (QED) is 0.673. The van der Waals surface area contributed by atoms with Gasteiger partial charge in [-0.2, -0.15) is 0 Å². The van der Waals surface area contributed by atoms with Gasteiger partial charge in [0, 0.05) is 6.42 Å². The molecule has 6 heteroatoms. The fourth-order valence-corrected chi connectivity index (χ4v) is 1.19. The lowest BCUT2D eigenvalue weighted by Crippen LogP contribution is -2.13. The van der Waals surface area contributed by atoms with Gasteiger partial charge in [-0.25, -0.2) is 4.68 Å². The predicted octanol–water partition coefficient (Wildman–Crippen LogP) is 0.490. The highest BCUT2D eigenvalue weighted by Crippen LogP contribution is 2.02. The van der Waals surface area contributed by atoms with Crippen LogP contribution in [0.15, 0.2) is 0 Å². The van der Waals surface area contributed by atoms with E-state index in [9.17, 15) is 4.79 Å². The maximum Gasteiger partial charge on any atom is 0.325 e. The van der Waals surface area contributed by atoms with Crippen molar-refractivity contribution in [3.63, 3.8) is 0 Å². The summed E-state index contributed by atoms with van der Waals surface area (Å²) in [7, 11) is 0. The molecular formula is C8H14N4O2. The van der Waals surface area contributed by atoms with Crippen LogP contribution in [0.5, 0.6) is 0 Å². The highest BCUT2D eigenvalue weighted by molar-refractivity contribution is 5.66. The molecule has 0 aliphatic rings. The molecule has 14 heavy (non-hydrogen) atoms. The Morgan fingerprint density at radius 2 is 2.29 bits per heavy atom. The van der Waals surface area contributed by atoms with Crippen LogP contribution in [0.3, 0.4) is 0 Å². The third-order valence-corrected chi connectivity index (χ3v) is 1.90. The average Bonchev–Trinajstić information content (AvgIpc) is 2.52. The molecular weight excluding hydrogens is 184 g/mol. The predicted molar refractivity (Wildman–Crippen MR) is 48.7 cm³/mol. The number of aromatic nitrogens is 4. The fraction of sp³-hybridized carbons (Fsp3) is 0.750. The molecule has 1 aromatic rings. The van der Waals surface area contributed by atoms with E-state index in [0.29, 0.717) is 5.82 Å². The number of unbranched alkanes of at least 4 members (excludes halogenated alkanes) is 2. The summed E-state index contributed by atoms with van der Waals surface area (Å²) >= 11 is 0. The summed E-state index contributed by atoms with van der Waals surface area (Å²) in [5.74, 6) is -0.269. The molecule has 0 spiro atoms. The van der Waals surface area contributed by atoms with Crippen molar-refractivity contribution >= 4 is 5.97 Å². The lowest BCUT2D eigenvalue weighted by atomic mass is 10.2. The number of carbonyl (C=O) groups is 1. The van der Waals surface area contributed by atoms with Crippen LogP contribution < -0.4 is 0 Å². The molecule has 0 saturated carbocycles. The van der Waals surface area contributed by atoms with Gasteiger partial charge < -0.3 is 5.11 Å². The van der Waals surface area contributed by atoms with Crippen LogP contribution >= 0.6 is 0 Å². The first-order valence-corrected chi connectivity index (χ1v) is 4.71. The molecule has 0 saturated heterocycles. The van der Waals surface area contributed by atoms with Crippen molar-refractivity contribution in [2.45, 2.75) is 39.2 Å². The number of rotatable bonds is 6. The molecule has 1 heterocycles. The molecule has 78 valence electrons. The van der Waals surface area contributed by atoms with Crippen LogP contribution in [0.1, 0.15) is 32.0 Å². The second-order valence-corrected chi connectivity index (χ2v) is 3.10. The van der Waals surface area contributed by atoms with Crippen molar-refractivity contribution in [1.82, 2.24) is 20.2 Å². The van der Waals surface area contributed by atoms with Crippen molar-refractivity contribution in [3.05, 3.63) is 5.82 Å². The molecule has 0 unspecified atom stereocenters. The molecule has 1 rings (SSSR count). The average molecular weight is 198 g/mol. The Kier molecular flexibility index (Phi) is 4.03. The Hall–Kier alpha value is -1.46. The number of aryl methyl sites for hydroxylation is 1. The molecule has 0 bridgehead atoms. The zero-order valence-electron chi connectivity index (χ0n) is 8.18. The minimum absolute atomic E-state index is 0.158. The van der Waals surface area contributed by atoms with E-state index in [2.05, 4.69) is 22.4 Å². The van der Waals surface area contributed by atoms with E-state index in [1.807, 2.05) is 0 Å². The first kappa shape index (κ1) is 10.6. The van der Waals surface area contributed by atoms with Crippen molar-refractivity contribution in [2.24, 2.45) is 0 Å². The first-order valence-electron chi connectivity index (χ1n) is 4.71. The van der Waals surface area contributed by atoms with Gasteiger partial charge >= 0.3 is 5.97 Å². The summed E-state index contributed by atoms with van der Waals surface area (Å²) in [6, 6.07) is 0. The van der Waals surface area contributed by atoms with E-state index < -0.39 is 5.97 Å². The largest absolute Gasteiger partial charge is 0.480 e. The molecule has 0 amide bonds. The maximum atomic E-state index is 10.4.